The lowest BCUT2D eigenvalue weighted by Crippen LogP contribution is -2.23. The smallest absolute Gasteiger partial charge is 0.238 e. The highest BCUT2D eigenvalue weighted by atomic mass is 35.5. The van der Waals surface area contributed by atoms with E-state index in [1.807, 2.05) is 18.3 Å². The summed E-state index contributed by atoms with van der Waals surface area (Å²) in [6.45, 7) is 4.92. The first-order chi connectivity index (χ1) is 11.6. The van der Waals surface area contributed by atoms with Crippen molar-refractivity contribution in [3.05, 3.63) is 58.3 Å². The molecule has 2 aromatic rings. The molecule has 1 aliphatic heterocycles. The average molecular weight is 342 g/mol. The Hall–Kier alpha value is -2.33. The third-order valence-electron chi connectivity index (χ3n) is 4.00. The number of aryl methyl sites for hydroxylation is 1. The second-order valence-corrected chi connectivity index (χ2v) is 6.15. The van der Waals surface area contributed by atoms with Crippen LogP contribution in [-0.4, -0.2) is 29.8 Å². The Morgan fingerprint density at radius 2 is 2.12 bits per heavy atom. The van der Waals surface area contributed by atoms with Crippen LogP contribution >= 0.6 is 11.6 Å². The van der Waals surface area contributed by atoms with E-state index in [4.69, 9.17) is 16.3 Å². The van der Waals surface area contributed by atoms with Crippen LogP contribution in [0.5, 0.6) is 11.6 Å². The van der Waals surface area contributed by atoms with Gasteiger partial charge in [-0.2, -0.15) is 0 Å². The molecule has 24 heavy (non-hydrogen) atoms. The predicted molar refractivity (Wildman–Crippen MR) is 98.8 cm³/mol. The molecule has 4 nitrogen and oxygen atoms in total. The maximum Gasteiger partial charge on any atom is 0.238 e. The van der Waals surface area contributed by atoms with Gasteiger partial charge in [0.1, 0.15) is 17.4 Å². The van der Waals surface area contributed by atoms with Crippen molar-refractivity contribution in [3.8, 4) is 11.6 Å². The van der Waals surface area contributed by atoms with E-state index in [2.05, 4.69) is 41.8 Å². The molecule has 0 fully saturated rings. The minimum atomic E-state index is 0.418. The summed E-state index contributed by atoms with van der Waals surface area (Å²) in [6.07, 6.45) is 4.59. The predicted octanol–water partition coefficient (Wildman–Crippen LogP) is 4.93. The molecular weight excluding hydrogens is 322 g/mol. The Kier molecular flexibility index (Phi) is 4.86. The highest BCUT2D eigenvalue weighted by Gasteiger charge is 2.17. The van der Waals surface area contributed by atoms with Crippen LogP contribution in [0.2, 0.25) is 5.02 Å². The summed E-state index contributed by atoms with van der Waals surface area (Å²) in [4.78, 5) is 10.7. The maximum absolute atomic E-state index is 6.11. The molecule has 1 aromatic carbocycles. The number of allylic oxidation sites excluding steroid dienone is 1. The highest BCUT2D eigenvalue weighted by Crippen LogP contribution is 2.32. The fourth-order valence-electron chi connectivity index (χ4n) is 2.81. The van der Waals surface area contributed by atoms with Crippen LogP contribution in [0.1, 0.15) is 24.5 Å². The second kappa shape index (κ2) is 7.05. The van der Waals surface area contributed by atoms with E-state index < -0.39 is 0 Å². The molecule has 3 rings (SSSR count). The summed E-state index contributed by atoms with van der Waals surface area (Å²) in [6, 6.07) is 9.60. The minimum absolute atomic E-state index is 0.418. The number of rotatable bonds is 4. The van der Waals surface area contributed by atoms with Crippen molar-refractivity contribution in [1.29, 1.82) is 0 Å². The zero-order valence-corrected chi connectivity index (χ0v) is 14.8. The summed E-state index contributed by atoms with van der Waals surface area (Å²) in [5.41, 5.74) is 4.81. The third-order valence-corrected chi connectivity index (χ3v) is 4.29. The molecule has 0 aliphatic carbocycles. The van der Waals surface area contributed by atoms with Gasteiger partial charge in [-0.15, -0.1) is 0 Å². The maximum atomic E-state index is 6.11. The van der Waals surface area contributed by atoms with Crippen molar-refractivity contribution in [2.75, 3.05) is 13.7 Å². The first-order valence-corrected chi connectivity index (χ1v) is 8.31. The first kappa shape index (κ1) is 16.5. The molecule has 1 aromatic heterocycles. The SMILES string of the molecule is CCC1=C(c2ccc(Oc3ncccc3Cl)cc2C)N(C)CN=C1. The fraction of sp³-hybridized carbons (Fsp3) is 0.263. The molecule has 0 spiro atoms. The van der Waals surface area contributed by atoms with Gasteiger partial charge in [0, 0.05) is 25.0 Å². The molecule has 0 unspecified atom stereocenters. The van der Waals surface area contributed by atoms with Gasteiger partial charge in [-0.1, -0.05) is 18.5 Å². The van der Waals surface area contributed by atoms with Crippen LogP contribution in [0.15, 0.2) is 47.1 Å². The fourth-order valence-corrected chi connectivity index (χ4v) is 2.97. The van der Waals surface area contributed by atoms with Gasteiger partial charge in [-0.25, -0.2) is 4.98 Å². The van der Waals surface area contributed by atoms with Crippen LogP contribution in [-0.2, 0) is 0 Å². The molecule has 0 radical (unpaired) electrons. The molecule has 5 heteroatoms. The van der Waals surface area contributed by atoms with Gasteiger partial charge in [0.2, 0.25) is 5.88 Å². The van der Waals surface area contributed by atoms with Gasteiger partial charge >= 0.3 is 0 Å². The lowest BCUT2D eigenvalue weighted by atomic mass is 9.99. The lowest BCUT2D eigenvalue weighted by molar-refractivity contribution is 0.462. The van der Waals surface area contributed by atoms with Crippen molar-refractivity contribution < 1.29 is 4.74 Å². The second-order valence-electron chi connectivity index (χ2n) is 5.75. The number of halogens is 1. The Labute approximate surface area is 147 Å². The van der Waals surface area contributed by atoms with Crippen molar-refractivity contribution in [2.24, 2.45) is 4.99 Å². The quantitative estimate of drug-likeness (QED) is 0.791. The lowest BCUT2D eigenvalue weighted by Gasteiger charge is -2.27. The van der Waals surface area contributed by atoms with E-state index in [-0.39, 0.29) is 0 Å². The summed E-state index contributed by atoms with van der Waals surface area (Å²) >= 11 is 6.11. The van der Waals surface area contributed by atoms with Crippen LogP contribution in [0.4, 0.5) is 0 Å². The van der Waals surface area contributed by atoms with E-state index >= 15 is 0 Å². The number of hydrogen-bond acceptors (Lipinski definition) is 4. The zero-order chi connectivity index (χ0) is 17.1. The molecule has 124 valence electrons. The molecule has 0 bridgehead atoms. The van der Waals surface area contributed by atoms with Crippen molar-refractivity contribution >= 4 is 23.5 Å². The van der Waals surface area contributed by atoms with Crippen molar-refractivity contribution in [1.82, 2.24) is 9.88 Å². The Balaban J connectivity index is 1.94. The van der Waals surface area contributed by atoms with E-state index in [0.717, 1.165) is 17.7 Å². The van der Waals surface area contributed by atoms with Gasteiger partial charge in [0.05, 0.1) is 5.70 Å². The summed E-state index contributed by atoms with van der Waals surface area (Å²) in [7, 11) is 2.07. The topological polar surface area (TPSA) is 37.7 Å². The number of hydrogen-bond donors (Lipinski definition) is 0. The molecule has 2 heterocycles. The molecule has 0 saturated heterocycles. The van der Waals surface area contributed by atoms with E-state index in [0.29, 0.717) is 17.6 Å². The van der Waals surface area contributed by atoms with Crippen LogP contribution in [0.3, 0.4) is 0 Å². The number of benzene rings is 1. The van der Waals surface area contributed by atoms with Crippen LogP contribution < -0.4 is 4.74 Å². The summed E-state index contributed by atoms with van der Waals surface area (Å²) < 4.78 is 5.81. The summed E-state index contributed by atoms with van der Waals surface area (Å²) in [5.74, 6) is 1.14. The molecule has 0 atom stereocenters. The molecule has 1 aliphatic rings. The van der Waals surface area contributed by atoms with Gasteiger partial charge < -0.3 is 9.64 Å². The van der Waals surface area contributed by atoms with Gasteiger partial charge in [-0.3, -0.25) is 4.99 Å². The average Bonchev–Trinajstić information content (AvgIpc) is 2.57. The van der Waals surface area contributed by atoms with E-state index in [1.54, 1.807) is 18.3 Å². The van der Waals surface area contributed by atoms with Gasteiger partial charge in [0.15, 0.2) is 0 Å². The summed E-state index contributed by atoms with van der Waals surface area (Å²) in [5, 5.41) is 0.499. The third kappa shape index (κ3) is 3.29. The van der Waals surface area contributed by atoms with E-state index in [1.165, 1.54) is 16.8 Å². The molecule has 0 amide bonds. The largest absolute Gasteiger partial charge is 0.438 e. The van der Waals surface area contributed by atoms with Crippen molar-refractivity contribution in [3.63, 3.8) is 0 Å². The van der Waals surface area contributed by atoms with Gasteiger partial charge in [0.25, 0.3) is 0 Å². The monoisotopic (exact) mass is 341 g/mol. The Morgan fingerprint density at radius 3 is 2.83 bits per heavy atom. The number of aromatic nitrogens is 1. The van der Waals surface area contributed by atoms with Crippen LogP contribution in [0, 0.1) is 6.92 Å². The number of pyridine rings is 1. The molecule has 0 N–H and O–H groups in total. The Bertz CT molecular complexity index is 814. The Morgan fingerprint density at radius 1 is 1.29 bits per heavy atom. The van der Waals surface area contributed by atoms with E-state index in [9.17, 15) is 0 Å². The van der Waals surface area contributed by atoms with Crippen LogP contribution in [0.25, 0.3) is 5.70 Å². The van der Waals surface area contributed by atoms with Gasteiger partial charge in [-0.05, 0) is 54.8 Å². The molecular formula is C19H20ClN3O. The highest BCUT2D eigenvalue weighted by molar-refractivity contribution is 6.31. The first-order valence-electron chi connectivity index (χ1n) is 7.93. The normalized spacial score (nSPS) is 14.2. The standard InChI is InChI=1S/C19H20ClN3O/c1-4-14-11-21-12-23(3)18(14)16-8-7-15(10-13(16)2)24-19-17(20)6-5-9-22-19/h5-11H,4,12H2,1-3H3. The molecule has 0 saturated carbocycles. The number of aliphatic imine (C=N–C) groups is 1. The zero-order valence-electron chi connectivity index (χ0n) is 14.1. The minimum Gasteiger partial charge on any atom is -0.438 e. The van der Waals surface area contributed by atoms with Crippen molar-refractivity contribution in [2.45, 2.75) is 20.3 Å². The number of ether oxygens (including phenoxy) is 1. The number of nitrogens with zero attached hydrogens (tertiary/aromatic N) is 3.